The molecule has 0 spiro atoms. The largest absolute Gasteiger partial charge is 0.478 e. The van der Waals surface area contributed by atoms with Crippen molar-refractivity contribution in [1.29, 1.82) is 0 Å². The molecule has 20 heavy (non-hydrogen) atoms. The Morgan fingerprint density at radius 1 is 1.35 bits per heavy atom. The number of hydrogen-bond donors (Lipinski definition) is 2. The average Bonchev–Trinajstić information content (AvgIpc) is 2.29. The second kappa shape index (κ2) is 6.03. The van der Waals surface area contributed by atoms with Crippen molar-refractivity contribution in [2.24, 2.45) is 11.3 Å². The van der Waals surface area contributed by atoms with Gasteiger partial charge in [0.25, 0.3) is 0 Å². The molecule has 110 valence electrons. The molecule has 0 atom stereocenters. The number of carboxylic acids is 1. The van der Waals surface area contributed by atoms with Crippen molar-refractivity contribution in [2.75, 3.05) is 5.32 Å². The Balaban J connectivity index is 2.95. The second-order valence-electron chi connectivity index (χ2n) is 5.94. The van der Waals surface area contributed by atoms with Gasteiger partial charge in [-0.3, -0.25) is 4.79 Å². The van der Waals surface area contributed by atoms with Gasteiger partial charge in [-0.25, -0.2) is 9.18 Å². The van der Waals surface area contributed by atoms with Gasteiger partial charge in [-0.1, -0.05) is 27.7 Å². The maximum absolute atomic E-state index is 13.6. The van der Waals surface area contributed by atoms with E-state index in [0.29, 0.717) is 12.3 Å². The Labute approximate surface area is 118 Å². The maximum Gasteiger partial charge on any atom is 0.335 e. The van der Waals surface area contributed by atoms with Crippen LogP contribution in [0.25, 0.3) is 0 Å². The molecule has 0 saturated carbocycles. The van der Waals surface area contributed by atoms with Gasteiger partial charge in [0.15, 0.2) is 0 Å². The first-order valence-corrected chi connectivity index (χ1v) is 6.48. The number of anilines is 1. The van der Waals surface area contributed by atoms with Crippen molar-refractivity contribution in [1.82, 2.24) is 0 Å². The van der Waals surface area contributed by atoms with Crippen molar-refractivity contribution in [3.63, 3.8) is 0 Å². The molecule has 1 aromatic rings. The summed E-state index contributed by atoms with van der Waals surface area (Å²) in [6.45, 7) is 7.56. The molecule has 0 bridgehead atoms. The van der Waals surface area contributed by atoms with E-state index < -0.39 is 17.2 Å². The molecule has 0 aliphatic carbocycles. The summed E-state index contributed by atoms with van der Waals surface area (Å²) >= 11 is 0. The van der Waals surface area contributed by atoms with E-state index >= 15 is 0 Å². The van der Waals surface area contributed by atoms with Gasteiger partial charge in [-0.05, 0) is 30.5 Å². The summed E-state index contributed by atoms with van der Waals surface area (Å²) in [5.74, 6) is -1.82. The van der Waals surface area contributed by atoms with Gasteiger partial charge in [-0.2, -0.15) is 0 Å². The summed E-state index contributed by atoms with van der Waals surface area (Å²) in [5.41, 5.74) is -0.824. The first-order chi connectivity index (χ1) is 9.13. The highest BCUT2D eigenvalue weighted by Gasteiger charge is 2.29. The molecule has 0 radical (unpaired) electrons. The molecule has 1 aromatic carbocycles. The number of carbonyl (C=O) groups excluding carboxylic acids is 1. The summed E-state index contributed by atoms with van der Waals surface area (Å²) in [4.78, 5) is 23.0. The summed E-state index contributed by atoms with van der Waals surface area (Å²) in [7, 11) is 0. The molecule has 0 aliphatic heterocycles. The Morgan fingerprint density at radius 2 is 1.95 bits per heavy atom. The zero-order chi connectivity index (χ0) is 15.5. The van der Waals surface area contributed by atoms with Crippen LogP contribution >= 0.6 is 0 Å². The lowest BCUT2D eigenvalue weighted by Crippen LogP contribution is -2.32. The second-order valence-corrected chi connectivity index (χ2v) is 5.94. The Morgan fingerprint density at radius 3 is 2.45 bits per heavy atom. The fourth-order valence-electron chi connectivity index (χ4n) is 2.16. The molecule has 0 unspecified atom stereocenters. The number of hydrogen-bond acceptors (Lipinski definition) is 2. The normalized spacial score (nSPS) is 11.5. The minimum Gasteiger partial charge on any atom is -0.478 e. The highest BCUT2D eigenvalue weighted by atomic mass is 19.1. The first kappa shape index (κ1) is 16.1. The van der Waals surface area contributed by atoms with Crippen LogP contribution in [0, 0.1) is 17.2 Å². The predicted molar refractivity (Wildman–Crippen MR) is 75.2 cm³/mol. The molecular formula is C15H20FNO3. The van der Waals surface area contributed by atoms with Crippen LogP contribution in [0.2, 0.25) is 0 Å². The van der Waals surface area contributed by atoms with Crippen molar-refractivity contribution in [3.8, 4) is 0 Å². The number of halogens is 1. The third-order valence-electron chi connectivity index (χ3n) is 2.99. The Kier molecular flexibility index (Phi) is 4.87. The third kappa shape index (κ3) is 4.05. The smallest absolute Gasteiger partial charge is 0.335 e. The highest BCUT2D eigenvalue weighted by Crippen LogP contribution is 2.28. The average molecular weight is 281 g/mol. The van der Waals surface area contributed by atoms with Gasteiger partial charge in [0.05, 0.1) is 11.3 Å². The number of aromatic carboxylic acids is 1. The Hall–Kier alpha value is -1.91. The van der Waals surface area contributed by atoms with E-state index in [1.54, 1.807) is 13.8 Å². The number of amides is 1. The van der Waals surface area contributed by atoms with Gasteiger partial charge in [0.1, 0.15) is 5.82 Å². The lowest BCUT2D eigenvalue weighted by Gasteiger charge is -2.25. The molecule has 1 amide bonds. The number of carboxylic acid groups (broad SMARTS) is 1. The van der Waals surface area contributed by atoms with Crippen LogP contribution < -0.4 is 5.32 Å². The third-order valence-corrected chi connectivity index (χ3v) is 2.99. The molecule has 4 nitrogen and oxygen atoms in total. The van der Waals surface area contributed by atoms with Crippen LogP contribution in [-0.2, 0) is 4.79 Å². The van der Waals surface area contributed by atoms with Gasteiger partial charge in [0, 0.05) is 5.41 Å². The summed E-state index contributed by atoms with van der Waals surface area (Å²) in [6, 6.07) is 3.32. The maximum atomic E-state index is 13.6. The number of benzene rings is 1. The first-order valence-electron chi connectivity index (χ1n) is 6.48. The molecule has 1 rings (SSSR count). The van der Waals surface area contributed by atoms with E-state index in [1.165, 1.54) is 0 Å². The SMILES string of the molecule is CC(C)CC(C)(C)C(=O)Nc1cc(C(=O)O)ccc1F. The molecule has 0 heterocycles. The lowest BCUT2D eigenvalue weighted by atomic mass is 9.83. The van der Waals surface area contributed by atoms with Crippen LogP contribution in [-0.4, -0.2) is 17.0 Å². The van der Waals surface area contributed by atoms with Gasteiger partial charge < -0.3 is 10.4 Å². The monoisotopic (exact) mass is 281 g/mol. The van der Waals surface area contributed by atoms with Crippen LogP contribution in [0.4, 0.5) is 10.1 Å². The van der Waals surface area contributed by atoms with E-state index in [9.17, 15) is 14.0 Å². The van der Waals surface area contributed by atoms with Crippen LogP contribution in [0.5, 0.6) is 0 Å². The van der Waals surface area contributed by atoms with E-state index in [-0.39, 0.29) is 17.2 Å². The summed E-state index contributed by atoms with van der Waals surface area (Å²) in [6.07, 6.45) is 0.652. The van der Waals surface area contributed by atoms with E-state index in [4.69, 9.17) is 5.11 Å². The van der Waals surface area contributed by atoms with Crippen molar-refractivity contribution < 1.29 is 19.1 Å². The molecule has 0 aliphatic rings. The number of nitrogens with one attached hydrogen (secondary N) is 1. The number of carbonyl (C=O) groups is 2. The predicted octanol–water partition coefficient (Wildman–Crippen LogP) is 3.53. The van der Waals surface area contributed by atoms with Crippen LogP contribution in [0.15, 0.2) is 18.2 Å². The van der Waals surface area contributed by atoms with Crippen LogP contribution in [0.1, 0.15) is 44.5 Å². The zero-order valence-corrected chi connectivity index (χ0v) is 12.2. The van der Waals surface area contributed by atoms with E-state index in [2.05, 4.69) is 5.32 Å². The topological polar surface area (TPSA) is 66.4 Å². The van der Waals surface area contributed by atoms with Crippen LogP contribution in [0.3, 0.4) is 0 Å². The molecule has 0 aromatic heterocycles. The standard InChI is InChI=1S/C15H20FNO3/c1-9(2)8-15(3,4)14(20)17-12-7-10(13(18)19)5-6-11(12)16/h5-7,9H,8H2,1-4H3,(H,17,20)(H,18,19). The minimum atomic E-state index is -1.16. The van der Waals surface area contributed by atoms with E-state index in [1.807, 2.05) is 13.8 Å². The highest BCUT2D eigenvalue weighted by molar-refractivity contribution is 5.96. The van der Waals surface area contributed by atoms with Crippen molar-refractivity contribution in [2.45, 2.75) is 34.1 Å². The minimum absolute atomic E-state index is 0.0663. The summed E-state index contributed by atoms with van der Waals surface area (Å²) in [5, 5.41) is 11.4. The molecule has 0 saturated heterocycles. The molecule has 2 N–H and O–H groups in total. The fraction of sp³-hybridized carbons (Fsp3) is 0.467. The molecule has 0 fully saturated rings. The quantitative estimate of drug-likeness (QED) is 0.867. The van der Waals surface area contributed by atoms with E-state index in [0.717, 1.165) is 18.2 Å². The Bertz CT molecular complexity index is 524. The molecule has 5 heteroatoms. The number of rotatable bonds is 5. The van der Waals surface area contributed by atoms with Gasteiger partial charge in [0.2, 0.25) is 5.91 Å². The van der Waals surface area contributed by atoms with Crippen molar-refractivity contribution in [3.05, 3.63) is 29.6 Å². The van der Waals surface area contributed by atoms with Gasteiger partial charge in [-0.15, -0.1) is 0 Å². The lowest BCUT2D eigenvalue weighted by molar-refractivity contribution is -0.124. The van der Waals surface area contributed by atoms with Crippen molar-refractivity contribution >= 4 is 17.6 Å². The van der Waals surface area contributed by atoms with Gasteiger partial charge >= 0.3 is 5.97 Å². The fourth-order valence-corrected chi connectivity index (χ4v) is 2.16. The zero-order valence-electron chi connectivity index (χ0n) is 12.2. The summed E-state index contributed by atoms with van der Waals surface area (Å²) < 4.78 is 13.6. The molecular weight excluding hydrogens is 261 g/mol.